The highest BCUT2D eigenvalue weighted by Gasteiger charge is 2.11. The molecule has 0 saturated carbocycles. The van der Waals surface area contributed by atoms with Crippen LogP contribution in [0.1, 0.15) is 41.5 Å². The number of aromatic nitrogens is 2. The molecule has 1 aromatic carbocycles. The van der Waals surface area contributed by atoms with E-state index >= 15 is 0 Å². The van der Waals surface area contributed by atoms with Gasteiger partial charge in [-0.15, -0.1) is 0 Å². The first-order valence-electron chi connectivity index (χ1n) is 6.19. The maximum atomic E-state index is 12.1. The molecule has 0 aliphatic carbocycles. The molecule has 1 heterocycles. The van der Waals surface area contributed by atoms with Gasteiger partial charge >= 0.3 is 0 Å². The second kappa shape index (κ2) is 5.17. The zero-order valence-electron chi connectivity index (χ0n) is 11.1. The Morgan fingerprint density at radius 3 is 2.56 bits per heavy atom. The Kier molecular flexibility index (Phi) is 3.60. The minimum absolute atomic E-state index is 0.120. The van der Waals surface area contributed by atoms with E-state index in [0.717, 1.165) is 17.0 Å². The molecule has 2 rings (SSSR count). The molecule has 94 valence electrons. The minimum Gasteiger partial charge on any atom is -0.327 e. The molecule has 0 spiro atoms. The molecule has 0 N–H and O–H groups in total. The number of rotatable bonds is 4. The summed E-state index contributed by atoms with van der Waals surface area (Å²) in [6.45, 7) is 6.53. The topological polar surface area (TPSA) is 34.9 Å². The quantitative estimate of drug-likeness (QED) is 0.772. The van der Waals surface area contributed by atoms with Crippen LogP contribution in [-0.4, -0.2) is 15.3 Å². The van der Waals surface area contributed by atoms with Crippen LogP contribution in [0.4, 0.5) is 0 Å². The molecule has 0 saturated heterocycles. The molecule has 3 nitrogen and oxygen atoms in total. The molecule has 0 amide bonds. The number of hydrogen-bond donors (Lipinski definition) is 0. The second-order valence-electron chi connectivity index (χ2n) is 4.86. The van der Waals surface area contributed by atoms with Crippen molar-refractivity contribution in [3.05, 3.63) is 53.6 Å². The third kappa shape index (κ3) is 2.67. The number of nitrogens with zero attached hydrogens (tertiary/aromatic N) is 2. The first kappa shape index (κ1) is 12.6. The van der Waals surface area contributed by atoms with Crippen molar-refractivity contribution in [1.82, 2.24) is 9.55 Å². The van der Waals surface area contributed by atoms with Gasteiger partial charge in [-0.05, 0) is 6.92 Å². The second-order valence-corrected chi connectivity index (χ2v) is 4.86. The third-order valence-electron chi connectivity index (χ3n) is 2.95. The average Bonchev–Trinajstić information content (AvgIpc) is 2.78. The van der Waals surface area contributed by atoms with E-state index < -0.39 is 0 Å². The number of ketones is 1. The Balaban J connectivity index is 2.16. The molecule has 0 aliphatic heterocycles. The van der Waals surface area contributed by atoms with Crippen molar-refractivity contribution in [3.8, 4) is 0 Å². The Morgan fingerprint density at radius 1 is 1.28 bits per heavy atom. The maximum absolute atomic E-state index is 12.1. The molecular formula is C15H18N2O. The summed E-state index contributed by atoms with van der Waals surface area (Å²) >= 11 is 0. The number of imidazole rings is 1. The molecule has 1 aromatic heterocycles. The van der Waals surface area contributed by atoms with Crippen LogP contribution in [0.5, 0.6) is 0 Å². The van der Waals surface area contributed by atoms with Crippen LogP contribution >= 0.6 is 0 Å². The Labute approximate surface area is 107 Å². The fourth-order valence-corrected chi connectivity index (χ4v) is 1.94. The number of aryl methyl sites for hydroxylation is 1. The SMILES string of the molecule is Cc1ccc(C(=O)Cn2ccnc2C(C)C)cc1. The fourth-order valence-electron chi connectivity index (χ4n) is 1.94. The van der Waals surface area contributed by atoms with E-state index in [1.807, 2.05) is 42.0 Å². The number of benzene rings is 1. The molecule has 0 bridgehead atoms. The van der Waals surface area contributed by atoms with Gasteiger partial charge in [0.25, 0.3) is 0 Å². The van der Waals surface area contributed by atoms with Crippen LogP contribution in [0.25, 0.3) is 0 Å². The molecule has 0 aliphatic rings. The van der Waals surface area contributed by atoms with Crippen molar-refractivity contribution in [3.63, 3.8) is 0 Å². The lowest BCUT2D eigenvalue weighted by Crippen LogP contribution is -2.13. The van der Waals surface area contributed by atoms with Gasteiger partial charge in [-0.25, -0.2) is 4.98 Å². The number of carbonyl (C=O) groups excluding carboxylic acids is 1. The van der Waals surface area contributed by atoms with Crippen LogP contribution in [0, 0.1) is 6.92 Å². The molecule has 18 heavy (non-hydrogen) atoms. The zero-order valence-corrected chi connectivity index (χ0v) is 11.1. The predicted octanol–water partition coefficient (Wildman–Crippen LogP) is 3.20. The normalized spacial score (nSPS) is 10.9. The van der Waals surface area contributed by atoms with Crippen LogP contribution in [0.2, 0.25) is 0 Å². The summed E-state index contributed by atoms with van der Waals surface area (Å²) in [5, 5.41) is 0. The van der Waals surface area contributed by atoms with E-state index in [4.69, 9.17) is 0 Å². The Hall–Kier alpha value is -1.90. The average molecular weight is 242 g/mol. The smallest absolute Gasteiger partial charge is 0.182 e. The van der Waals surface area contributed by atoms with E-state index in [0.29, 0.717) is 12.5 Å². The van der Waals surface area contributed by atoms with E-state index in [9.17, 15) is 4.79 Å². The van der Waals surface area contributed by atoms with Crippen molar-refractivity contribution < 1.29 is 4.79 Å². The molecule has 0 unspecified atom stereocenters. The lowest BCUT2D eigenvalue weighted by molar-refractivity contribution is 0.0971. The monoisotopic (exact) mass is 242 g/mol. The van der Waals surface area contributed by atoms with Gasteiger partial charge in [-0.1, -0.05) is 43.7 Å². The summed E-state index contributed by atoms with van der Waals surface area (Å²) in [6, 6.07) is 7.68. The Bertz CT molecular complexity index is 538. The van der Waals surface area contributed by atoms with E-state index in [1.54, 1.807) is 6.20 Å². The highest BCUT2D eigenvalue weighted by molar-refractivity contribution is 5.95. The van der Waals surface area contributed by atoms with Crippen molar-refractivity contribution >= 4 is 5.78 Å². The van der Waals surface area contributed by atoms with Crippen LogP contribution < -0.4 is 0 Å². The standard InChI is InChI=1S/C15H18N2O/c1-11(2)15-16-8-9-17(15)10-14(18)13-6-4-12(3)5-7-13/h4-9,11H,10H2,1-3H3. The van der Waals surface area contributed by atoms with Gasteiger partial charge in [0.2, 0.25) is 0 Å². The first-order chi connectivity index (χ1) is 8.58. The molecule has 0 radical (unpaired) electrons. The molecule has 0 fully saturated rings. The Morgan fingerprint density at radius 2 is 1.94 bits per heavy atom. The summed E-state index contributed by atoms with van der Waals surface area (Å²) in [5.74, 6) is 1.40. The first-order valence-corrected chi connectivity index (χ1v) is 6.19. The van der Waals surface area contributed by atoms with Gasteiger partial charge in [0.05, 0.1) is 6.54 Å². The summed E-state index contributed by atoms with van der Waals surface area (Å²) < 4.78 is 1.92. The van der Waals surface area contributed by atoms with Crippen LogP contribution in [0.3, 0.4) is 0 Å². The lowest BCUT2D eigenvalue weighted by atomic mass is 10.1. The summed E-state index contributed by atoms with van der Waals surface area (Å²) in [7, 11) is 0. The molecular weight excluding hydrogens is 224 g/mol. The van der Waals surface area contributed by atoms with Crippen molar-refractivity contribution in [1.29, 1.82) is 0 Å². The van der Waals surface area contributed by atoms with Gasteiger partial charge in [0.1, 0.15) is 5.82 Å². The molecule has 2 aromatic rings. The molecule has 0 atom stereocenters. The number of Topliss-reactive ketones (excluding diaryl/α,β-unsaturated/α-hetero) is 1. The highest BCUT2D eigenvalue weighted by atomic mass is 16.1. The number of carbonyl (C=O) groups is 1. The third-order valence-corrected chi connectivity index (χ3v) is 2.95. The van der Waals surface area contributed by atoms with Gasteiger partial charge in [0, 0.05) is 23.9 Å². The van der Waals surface area contributed by atoms with Gasteiger partial charge in [-0.2, -0.15) is 0 Å². The van der Waals surface area contributed by atoms with Gasteiger partial charge < -0.3 is 4.57 Å². The van der Waals surface area contributed by atoms with Gasteiger partial charge in [-0.3, -0.25) is 4.79 Å². The maximum Gasteiger partial charge on any atom is 0.182 e. The summed E-state index contributed by atoms with van der Waals surface area (Å²) in [4.78, 5) is 16.4. The van der Waals surface area contributed by atoms with E-state index in [-0.39, 0.29) is 5.78 Å². The minimum atomic E-state index is 0.120. The largest absolute Gasteiger partial charge is 0.327 e. The lowest BCUT2D eigenvalue weighted by Gasteiger charge is -2.09. The zero-order chi connectivity index (χ0) is 13.1. The van der Waals surface area contributed by atoms with Crippen molar-refractivity contribution in [2.24, 2.45) is 0 Å². The highest BCUT2D eigenvalue weighted by Crippen LogP contribution is 2.13. The predicted molar refractivity (Wildman–Crippen MR) is 71.8 cm³/mol. The summed E-state index contributed by atoms with van der Waals surface area (Å²) in [6.07, 6.45) is 3.61. The fraction of sp³-hybridized carbons (Fsp3) is 0.333. The molecule has 3 heteroatoms. The van der Waals surface area contributed by atoms with Crippen LogP contribution in [-0.2, 0) is 6.54 Å². The van der Waals surface area contributed by atoms with Crippen molar-refractivity contribution in [2.45, 2.75) is 33.2 Å². The number of hydrogen-bond acceptors (Lipinski definition) is 2. The summed E-state index contributed by atoms with van der Waals surface area (Å²) in [5.41, 5.74) is 1.92. The van der Waals surface area contributed by atoms with E-state index in [1.165, 1.54) is 0 Å². The van der Waals surface area contributed by atoms with Crippen LogP contribution in [0.15, 0.2) is 36.7 Å². The van der Waals surface area contributed by atoms with E-state index in [2.05, 4.69) is 18.8 Å². The van der Waals surface area contributed by atoms with Crippen molar-refractivity contribution in [2.75, 3.05) is 0 Å². The van der Waals surface area contributed by atoms with Gasteiger partial charge in [0.15, 0.2) is 5.78 Å².